The molecule has 0 fully saturated rings. The Hall–Kier alpha value is -0.410. The first kappa shape index (κ1) is 9.59. The van der Waals surface area contributed by atoms with Crippen molar-refractivity contribution in [2.45, 2.75) is 19.0 Å². The van der Waals surface area contributed by atoms with Gasteiger partial charge in [-0.25, -0.2) is 4.99 Å². The van der Waals surface area contributed by atoms with E-state index >= 15 is 0 Å². The van der Waals surface area contributed by atoms with E-state index < -0.39 is 12.6 Å². The van der Waals surface area contributed by atoms with Crippen molar-refractivity contribution < 1.29 is 13.2 Å². The van der Waals surface area contributed by atoms with E-state index in [1.54, 1.807) is 0 Å². The van der Waals surface area contributed by atoms with E-state index in [0.29, 0.717) is 0 Å². The predicted molar refractivity (Wildman–Crippen MR) is 35.2 cm³/mol. The van der Waals surface area contributed by atoms with Crippen LogP contribution in [-0.4, -0.2) is 17.9 Å². The molecule has 0 aromatic heterocycles. The highest BCUT2D eigenvalue weighted by molar-refractivity contribution is 7.78. The van der Waals surface area contributed by atoms with Gasteiger partial charge in [0, 0.05) is 13.0 Å². The summed E-state index contributed by atoms with van der Waals surface area (Å²) in [6.45, 7) is 0.114. The van der Waals surface area contributed by atoms with E-state index in [2.05, 4.69) is 17.2 Å². The lowest BCUT2D eigenvalue weighted by molar-refractivity contribution is -0.134. The summed E-state index contributed by atoms with van der Waals surface area (Å²) in [6.07, 6.45) is -4.88. The van der Waals surface area contributed by atoms with Crippen LogP contribution < -0.4 is 0 Å². The molecule has 5 heteroatoms. The molecule has 0 radical (unpaired) electrons. The number of hydrogen-bond acceptors (Lipinski definition) is 2. The highest BCUT2D eigenvalue weighted by Gasteiger charge is 2.25. The van der Waals surface area contributed by atoms with Crippen LogP contribution in [0.4, 0.5) is 13.2 Å². The first-order chi connectivity index (χ1) is 4.56. The summed E-state index contributed by atoms with van der Waals surface area (Å²) < 4.78 is 34.2. The molecule has 0 heterocycles. The molecule has 10 heavy (non-hydrogen) atoms. The Labute approximate surface area is 61.9 Å². The molecule has 58 valence electrons. The molecule has 0 saturated heterocycles. The van der Waals surface area contributed by atoms with Crippen molar-refractivity contribution in [2.24, 2.45) is 4.99 Å². The number of rotatable bonds is 3. The number of isothiocyanates is 1. The van der Waals surface area contributed by atoms with Gasteiger partial charge in [0.1, 0.15) is 0 Å². The van der Waals surface area contributed by atoms with E-state index in [-0.39, 0.29) is 13.0 Å². The Morgan fingerprint density at radius 1 is 1.40 bits per heavy atom. The first-order valence-corrected chi connectivity index (χ1v) is 3.07. The van der Waals surface area contributed by atoms with Crippen LogP contribution in [0.15, 0.2) is 4.99 Å². The molecule has 0 saturated carbocycles. The molecule has 0 aromatic rings. The zero-order valence-electron chi connectivity index (χ0n) is 5.11. The summed E-state index contributed by atoms with van der Waals surface area (Å²) in [7, 11) is 0. The second kappa shape index (κ2) is 4.41. The zero-order chi connectivity index (χ0) is 8.04. The molecule has 0 atom stereocenters. The van der Waals surface area contributed by atoms with Crippen LogP contribution in [0.3, 0.4) is 0 Å². The molecule has 0 amide bonds. The van der Waals surface area contributed by atoms with Crippen molar-refractivity contribution in [1.82, 2.24) is 0 Å². The van der Waals surface area contributed by atoms with Gasteiger partial charge in [0.15, 0.2) is 0 Å². The van der Waals surface area contributed by atoms with Gasteiger partial charge < -0.3 is 0 Å². The van der Waals surface area contributed by atoms with Gasteiger partial charge in [0.25, 0.3) is 0 Å². The summed E-state index contributed by atoms with van der Waals surface area (Å²) >= 11 is 4.16. The van der Waals surface area contributed by atoms with E-state index in [1.807, 2.05) is 5.16 Å². The van der Waals surface area contributed by atoms with Gasteiger partial charge in [-0.2, -0.15) is 13.2 Å². The summed E-state index contributed by atoms with van der Waals surface area (Å²) in [4.78, 5) is 3.34. The molecular formula is C5H6F3NS. The molecule has 0 rings (SSSR count). The molecule has 0 unspecified atom stereocenters. The van der Waals surface area contributed by atoms with E-state index in [4.69, 9.17) is 0 Å². The molecule has 0 bridgehead atoms. The Kier molecular flexibility index (Phi) is 4.23. The minimum absolute atomic E-state index is 0.00681. The lowest BCUT2D eigenvalue weighted by atomic mass is 10.3. The fraction of sp³-hybridized carbons (Fsp3) is 0.800. The Morgan fingerprint density at radius 2 is 2.00 bits per heavy atom. The minimum Gasteiger partial charge on any atom is -0.233 e. The van der Waals surface area contributed by atoms with Crippen molar-refractivity contribution in [3.05, 3.63) is 0 Å². The summed E-state index contributed by atoms with van der Waals surface area (Å²) in [6, 6.07) is 0. The molecule has 0 aliphatic rings. The van der Waals surface area contributed by atoms with Crippen LogP contribution in [0.25, 0.3) is 0 Å². The standard InChI is InChI=1S/C5H6F3NS/c6-5(7,8)2-1-3-9-4-10/h1-3H2. The Morgan fingerprint density at radius 3 is 2.40 bits per heavy atom. The smallest absolute Gasteiger partial charge is 0.233 e. The van der Waals surface area contributed by atoms with Crippen LogP contribution >= 0.6 is 12.2 Å². The SMILES string of the molecule is FC(F)(F)CCCN=C=S. The molecular weight excluding hydrogens is 163 g/mol. The third-order valence-corrected chi connectivity index (χ3v) is 0.924. The highest BCUT2D eigenvalue weighted by atomic mass is 32.1. The van der Waals surface area contributed by atoms with Gasteiger partial charge in [-0.05, 0) is 18.6 Å². The lowest BCUT2D eigenvalue weighted by Crippen LogP contribution is -2.06. The number of alkyl halides is 3. The molecule has 0 aliphatic heterocycles. The molecule has 0 aliphatic carbocycles. The summed E-state index contributed by atoms with van der Waals surface area (Å²) in [5.74, 6) is 0. The Balaban J connectivity index is 3.28. The van der Waals surface area contributed by atoms with Crippen LogP contribution in [0.2, 0.25) is 0 Å². The number of aliphatic imine (C=N–C) groups is 1. The average molecular weight is 169 g/mol. The quantitative estimate of drug-likeness (QED) is 0.359. The molecule has 0 spiro atoms. The van der Waals surface area contributed by atoms with Crippen LogP contribution in [-0.2, 0) is 0 Å². The Bertz CT molecular complexity index is 136. The molecule has 1 nitrogen and oxygen atoms in total. The van der Waals surface area contributed by atoms with Crippen LogP contribution in [0.1, 0.15) is 12.8 Å². The molecule has 0 N–H and O–H groups in total. The second-order valence-corrected chi connectivity index (χ2v) is 1.87. The lowest BCUT2D eigenvalue weighted by Gasteiger charge is -2.02. The summed E-state index contributed by atoms with van der Waals surface area (Å²) in [5, 5.41) is 1.99. The van der Waals surface area contributed by atoms with Crippen molar-refractivity contribution in [2.75, 3.05) is 6.54 Å². The summed E-state index contributed by atoms with van der Waals surface area (Å²) in [5.41, 5.74) is 0. The van der Waals surface area contributed by atoms with Gasteiger partial charge >= 0.3 is 6.18 Å². The topological polar surface area (TPSA) is 12.4 Å². The third-order valence-electron chi connectivity index (χ3n) is 0.795. The van der Waals surface area contributed by atoms with Gasteiger partial charge in [-0.3, -0.25) is 0 Å². The van der Waals surface area contributed by atoms with Crippen molar-refractivity contribution >= 4 is 17.4 Å². The maximum absolute atomic E-state index is 11.4. The minimum atomic E-state index is -4.07. The average Bonchev–Trinajstić information content (AvgIpc) is 1.78. The largest absolute Gasteiger partial charge is 0.389 e. The maximum Gasteiger partial charge on any atom is 0.389 e. The highest BCUT2D eigenvalue weighted by Crippen LogP contribution is 2.20. The number of hydrogen-bond donors (Lipinski definition) is 0. The fourth-order valence-corrected chi connectivity index (χ4v) is 0.495. The predicted octanol–water partition coefficient (Wildman–Crippen LogP) is 2.43. The van der Waals surface area contributed by atoms with Gasteiger partial charge in [0.2, 0.25) is 0 Å². The van der Waals surface area contributed by atoms with Crippen LogP contribution in [0, 0.1) is 0 Å². The monoisotopic (exact) mass is 169 g/mol. The van der Waals surface area contributed by atoms with Gasteiger partial charge in [0.05, 0.1) is 5.16 Å². The van der Waals surface area contributed by atoms with Gasteiger partial charge in [-0.15, -0.1) is 0 Å². The van der Waals surface area contributed by atoms with E-state index in [0.717, 1.165) is 0 Å². The number of thiocarbonyl (C=S) groups is 1. The molecule has 0 aromatic carbocycles. The number of halogens is 3. The van der Waals surface area contributed by atoms with E-state index in [9.17, 15) is 13.2 Å². The second-order valence-electron chi connectivity index (χ2n) is 1.69. The fourth-order valence-electron chi connectivity index (χ4n) is 0.404. The first-order valence-electron chi connectivity index (χ1n) is 2.66. The zero-order valence-corrected chi connectivity index (χ0v) is 5.93. The maximum atomic E-state index is 11.4. The van der Waals surface area contributed by atoms with Crippen LogP contribution in [0.5, 0.6) is 0 Å². The van der Waals surface area contributed by atoms with Crippen molar-refractivity contribution in [1.29, 1.82) is 0 Å². The van der Waals surface area contributed by atoms with Gasteiger partial charge in [-0.1, -0.05) is 0 Å². The number of nitrogens with zero attached hydrogens (tertiary/aromatic N) is 1. The van der Waals surface area contributed by atoms with Crippen molar-refractivity contribution in [3.8, 4) is 0 Å². The van der Waals surface area contributed by atoms with Crippen molar-refractivity contribution in [3.63, 3.8) is 0 Å². The third kappa shape index (κ3) is 7.59. The normalized spacial score (nSPS) is 10.7. The van der Waals surface area contributed by atoms with E-state index in [1.165, 1.54) is 0 Å².